The Hall–Kier alpha value is -1.17. The number of carbonyl (C=O) groups is 1. The third-order valence-corrected chi connectivity index (χ3v) is 4.20. The van der Waals surface area contributed by atoms with E-state index in [1.54, 1.807) is 13.0 Å². The first-order valence-corrected chi connectivity index (χ1v) is 7.69. The van der Waals surface area contributed by atoms with Crippen LogP contribution in [0.1, 0.15) is 37.1 Å². The predicted molar refractivity (Wildman–Crippen MR) is 68.4 cm³/mol. The minimum Gasteiger partial charge on any atom is -0.361 e. The number of aryl methyl sites for hydroxylation is 1. The Morgan fingerprint density at radius 2 is 2.28 bits per heavy atom. The molecule has 5 nitrogen and oxygen atoms in total. The van der Waals surface area contributed by atoms with Crippen LogP contribution in [-0.4, -0.2) is 27.1 Å². The first-order chi connectivity index (χ1) is 8.63. The van der Waals surface area contributed by atoms with Gasteiger partial charge in [0.2, 0.25) is 5.91 Å². The summed E-state index contributed by atoms with van der Waals surface area (Å²) in [5.41, 5.74) is 0.638. The smallest absolute Gasteiger partial charge is 0.232 e. The molecule has 0 spiro atoms. The summed E-state index contributed by atoms with van der Waals surface area (Å²) in [7, 11) is -1.22. The maximum absolute atomic E-state index is 11.8. The number of nitrogens with one attached hydrogen (secondary N) is 1. The van der Waals surface area contributed by atoms with Gasteiger partial charge in [-0.25, -0.2) is 0 Å². The van der Waals surface area contributed by atoms with E-state index >= 15 is 0 Å². The molecule has 0 saturated heterocycles. The Morgan fingerprint density at radius 3 is 2.89 bits per heavy atom. The van der Waals surface area contributed by atoms with Crippen LogP contribution < -0.4 is 5.32 Å². The molecular formula is C12H18N2O3S. The number of rotatable bonds is 5. The molecule has 0 aromatic carbocycles. The zero-order chi connectivity index (χ0) is 13.0. The summed E-state index contributed by atoms with van der Waals surface area (Å²) in [5, 5.41) is 6.69. The van der Waals surface area contributed by atoms with Gasteiger partial charge in [-0.2, -0.15) is 0 Å². The second-order valence-electron chi connectivity index (χ2n) is 4.71. The van der Waals surface area contributed by atoms with Crippen LogP contribution in [0.25, 0.3) is 0 Å². The SMILES string of the molecule is Cc1cc(C[S@](=O)CC(=O)NC2CCCC2)no1. The van der Waals surface area contributed by atoms with Crippen LogP contribution in [0.3, 0.4) is 0 Å². The van der Waals surface area contributed by atoms with Gasteiger partial charge in [-0.05, 0) is 19.8 Å². The Kier molecular flexibility index (Phi) is 4.52. The fraction of sp³-hybridized carbons (Fsp3) is 0.667. The lowest BCUT2D eigenvalue weighted by atomic mass is 10.2. The highest BCUT2D eigenvalue weighted by molar-refractivity contribution is 7.84. The van der Waals surface area contributed by atoms with Crippen molar-refractivity contribution >= 4 is 16.7 Å². The third-order valence-electron chi connectivity index (χ3n) is 3.00. The summed E-state index contributed by atoms with van der Waals surface area (Å²) in [6.07, 6.45) is 4.43. The molecule has 6 heteroatoms. The maximum Gasteiger partial charge on any atom is 0.232 e. The van der Waals surface area contributed by atoms with E-state index in [9.17, 15) is 9.00 Å². The molecule has 100 valence electrons. The van der Waals surface area contributed by atoms with Gasteiger partial charge in [0.25, 0.3) is 0 Å². The molecule has 1 amide bonds. The lowest BCUT2D eigenvalue weighted by Crippen LogP contribution is -2.35. The molecule has 0 bridgehead atoms. The minimum absolute atomic E-state index is 0.0441. The minimum atomic E-state index is -1.22. The highest BCUT2D eigenvalue weighted by atomic mass is 32.2. The zero-order valence-electron chi connectivity index (χ0n) is 10.5. The average Bonchev–Trinajstić information content (AvgIpc) is 2.90. The topological polar surface area (TPSA) is 72.2 Å². The van der Waals surface area contributed by atoms with Crippen molar-refractivity contribution in [2.45, 2.75) is 44.4 Å². The van der Waals surface area contributed by atoms with Crippen LogP contribution in [-0.2, 0) is 21.3 Å². The third kappa shape index (κ3) is 3.94. The number of amides is 1. The van der Waals surface area contributed by atoms with E-state index in [1.807, 2.05) is 0 Å². The molecule has 1 aromatic heterocycles. The molecule has 2 rings (SSSR count). The Balaban J connectivity index is 1.74. The summed E-state index contributed by atoms with van der Waals surface area (Å²) < 4.78 is 16.7. The first-order valence-electron chi connectivity index (χ1n) is 6.20. The van der Waals surface area contributed by atoms with Gasteiger partial charge in [-0.15, -0.1) is 0 Å². The van der Waals surface area contributed by atoms with Crippen LogP contribution in [0.4, 0.5) is 0 Å². The van der Waals surface area contributed by atoms with E-state index in [-0.39, 0.29) is 23.5 Å². The Labute approximate surface area is 109 Å². The van der Waals surface area contributed by atoms with Crippen molar-refractivity contribution in [3.05, 3.63) is 17.5 Å². The number of hydrogen-bond donors (Lipinski definition) is 1. The zero-order valence-corrected chi connectivity index (χ0v) is 11.3. The van der Waals surface area contributed by atoms with Gasteiger partial charge in [-0.1, -0.05) is 18.0 Å². The average molecular weight is 270 g/mol. The van der Waals surface area contributed by atoms with Crippen LogP contribution in [0.5, 0.6) is 0 Å². The molecule has 1 aliphatic rings. The lowest BCUT2D eigenvalue weighted by molar-refractivity contribution is -0.119. The molecule has 1 aromatic rings. The van der Waals surface area contributed by atoms with Crippen molar-refractivity contribution in [3.8, 4) is 0 Å². The molecule has 0 radical (unpaired) electrons. The van der Waals surface area contributed by atoms with Crippen molar-refractivity contribution in [1.29, 1.82) is 0 Å². The van der Waals surface area contributed by atoms with E-state index < -0.39 is 10.8 Å². The normalized spacial score (nSPS) is 17.8. The van der Waals surface area contributed by atoms with Gasteiger partial charge in [0.1, 0.15) is 11.5 Å². The van der Waals surface area contributed by atoms with E-state index in [4.69, 9.17) is 4.52 Å². The molecule has 18 heavy (non-hydrogen) atoms. The van der Waals surface area contributed by atoms with Crippen LogP contribution in [0.15, 0.2) is 10.6 Å². The highest BCUT2D eigenvalue weighted by Gasteiger charge is 2.18. The molecule has 1 fully saturated rings. The Bertz CT molecular complexity index is 438. The number of carbonyl (C=O) groups excluding carboxylic acids is 1. The molecule has 1 aliphatic carbocycles. The Morgan fingerprint density at radius 1 is 1.56 bits per heavy atom. The van der Waals surface area contributed by atoms with Gasteiger partial charge >= 0.3 is 0 Å². The highest BCUT2D eigenvalue weighted by Crippen LogP contribution is 2.17. The molecular weight excluding hydrogens is 252 g/mol. The van der Waals surface area contributed by atoms with Crippen molar-refractivity contribution < 1.29 is 13.5 Å². The predicted octanol–water partition coefficient (Wildman–Crippen LogP) is 1.29. The fourth-order valence-corrected chi connectivity index (χ4v) is 3.13. The van der Waals surface area contributed by atoms with Gasteiger partial charge in [0.05, 0.1) is 11.4 Å². The summed E-state index contributed by atoms with van der Waals surface area (Å²) in [6.45, 7) is 1.78. The van der Waals surface area contributed by atoms with Crippen molar-refractivity contribution in [3.63, 3.8) is 0 Å². The van der Waals surface area contributed by atoms with Crippen LogP contribution >= 0.6 is 0 Å². The van der Waals surface area contributed by atoms with Crippen molar-refractivity contribution in [2.24, 2.45) is 0 Å². The lowest BCUT2D eigenvalue weighted by Gasteiger charge is -2.11. The summed E-state index contributed by atoms with van der Waals surface area (Å²) in [5.74, 6) is 0.885. The first kappa shape index (κ1) is 13.3. The van der Waals surface area contributed by atoms with Gasteiger partial charge in [0, 0.05) is 22.9 Å². The molecule has 1 saturated carbocycles. The number of hydrogen-bond acceptors (Lipinski definition) is 4. The molecule has 0 aliphatic heterocycles. The standard InChI is InChI=1S/C12H18N2O3S/c1-9-6-11(14-17-9)7-18(16)8-12(15)13-10-4-2-3-5-10/h6,10H,2-5,7-8H2,1H3,(H,13,15)/t18-/m0/s1. The van der Waals surface area contributed by atoms with E-state index in [2.05, 4.69) is 10.5 Å². The summed E-state index contributed by atoms with van der Waals surface area (Å²) in [6, 6.07) is 2.02. The van der Waals surface area contributed by atoms with E-state index in [0.717, 1.165) is 12.8 Å². The quantitative estimate of drug-likeness (QED) is 0.875. The van der Waals surface area contributed by atoms with Gasteiger partial charge < -0.3 is 9.84 Å². The number of nitrogens with zero attached hydrogens (tertiary/aromatic N) is 1. The monoisotopic (exact) mass is 270 g/mol. The van der Waals surface area contributed by atoms with E-state index in [0.29, 0.717) is 11.5 Å². The molecule has 1 atom stereocenters. The van der Waals surface area contributed by atoms with Crippen molar-refractivity contribution in [2.75, 3.05) is 5.75 Å². The maximum atomic E-state index is 11.8. The van der Waals surface area contributed by atoms with Crippen LogP contribution in [0, 0.1) is 6.92 Å². The number of aromatic nitrogens is 1. The van der Waals surface area contributed by atoms with E-state index in [1.165, 1.54) is 12.8 Å². The van der Waals surface area contributed by atoms with Gasteiger partial charge in [-0.3, -0.25) is 9.00 Å². The fourth-order valence-electron chi connectivity index (χ4n) is 2.19. The molecule has 1 N–H and O–H groups in total. The van der Waals surface area contributed by atoms with Crippen LogP contribution in [0.2, 0.25) is 0 Å². The van der Waals surface area contributed by atoms with Gasteiger partial charge in [0.15, 0.2) is 0 Å². The summed E-state index contributed by atoms with van der Waals surface area (Å²) in [4.78, 5) is 11.7. The second kappa shape index (κ2) is 6.13. The second-order valence-corrected chi connectivity index (χ2v) is 6.16. The molecule has 1 heterocycles. The molecule has 0 unspecified atom stereocenters. The largest absolute Gasteiger partial charge is 0.361 e. The van der Waals surface area contributed by atoms with Crippen molar-refractivity contribution in [1.82, 2.24) is 10.5 Å². The summed E-state index contributed by atoms with van der Waals surface area (Å²) >= 11 is 0.